The topological polar surface area (TPSA) is 57.3 Å². The van der Waals surface area contributed by atoms with Crippen LogP contribution in [0.25, 0.3) is 10.2 Å². The number of nitrogens with zero attached hydrogens (tertiary/aromatic N) is 2. The first-order valence-electron chi connectivity index (χ1n) is 9.57. The molecule has 7 heteroatoms. The van der Waals surface area contributed by atoms with E-state index < -0.39 is 0 Å². The van der Waals surface area contributed by atoms with Gasteiger partial charge in [-0.05, 0) is 61.8 Å². The zero-order valence-electron chi connectivity index (χ0n) is 15.6. The highest BCUT2D eigenvalue weighted by molar-refractivity contribution is 9.10. The number of rotatable bonds is 6. The van der Waals surface area contributed by atoms with Crippen LogP contribution in [0.3, 0.4) is 0 Å². The van der Waals surface area contributed by atoms with E-state index in [1.54, 1.807) is 0 Å². The molecule has 0 aliphatic carbocycles. The molecule has 1 amide bonds. The van der Waals surface area contributed by atoms with Gasteiger partial charge in [-0.2, -0.15) is 0 Å². The standard InChI is InChI=1S/C21H23BrN4OS/c22-16-6-4-15(5-7-16)13-23-17-8-9-18-19(12-17)28-21(24-18)25-20(27)14-26-10-2-1-3-11-26/h4-9,12,23H,1-3,10-11,13-14H2,(H,24,25,27). The highest BCUT2D eigenvalue weighted by atomic mass is 79.9. The molecule has 0 atom stereocenters. The van der Waals surface area contributed by atoms with Crippen molar-refractivity contribution in [2.45, 2.75) is 25.8 Å². The molecule has 1 fully saturated rings. The van der Waals surface area contributed by atoms with Gasteiger partial charge in [0, 0.05) is 16.7 Å². The smallest absolute Gasteiger partial charge is 0.240 e. The molecule has 1 aliphatic rings. The second kappa shape index (κ2) is 9.03. The molecule has 0 saturated carbocycles. The second-order valence-corrected chi connectivity index (χ2v) is 9.01. The van der Waals surface area contributed by atoms with E-state index in [0.29, 0.717) is 11.7 Å². The number of piperidine rings is 1. The largest absolute Gasteiger partial charge is 0.381 e. The number of amides is 1. The predicted molar refractivity (Wildman–Crippen MR) is 120 cm³/mol. The predicted octanol–water partition coefficient (Wildman–Crippen LogP) is 5.10. The Bertz CT molecular complexity index is 951. The van der Waals surface area contributed by atoms with E-state index in [1.165, 1.54) is 36.2 Å². The lowest BCUT2D eigenvalue weighted by Gasteiger charge is -2.25. The van der Waals surface area contributed by atoms with Gasteiger partial charge in [-0.3, -0.25) is 9.69 Å². The molecular weight excluding hydrogens is 436 g/mol. The summed E-state index contributed by atoms with van der Waals surface area (Å²) in [6, 6.07) is 14.4. The monoisotopic (exact) mass is 458 g/mol. The van der Waals surface area contributed by atoms with Crippen LogP contribution >= 0.6 is 27.3 Å². The molecule has 1 aliphatic heterocycles. The molecule has 0 spiro atoms. The fourth-order valence-corrected chi connectivity index (χ4v) is 4.56. The number of carbonyl (C=O) groups is 1. The number of anilines is 2. The minimum absolute atomic E-state index is 0.0227. The molecule has 1 saturated heterocycles. The van der Waals surface area contributed by atoms with Crippen molar-refractivity contribution in [2.24, 2.45) is 0 Å². The molecule has 0 bridgehead atoms. The fourth-order valence-electron chi connectivity index (χ4n) is 3.37. The van der Waals surface area contributed by atoms with Gasteiger partial charge in [-0.25, -0.2) is 4.98 Å². The highest BCUT2D eigenvalue weighted by Gasteiger charge is 2.15. The molecule has 2 heterocycles. The number of benzene rings is 2. The maximum atomic E-state index is 12.3. The third kappa shape index (κ3) is 5.10. The molecule has 2 aromatic carbocycles. The zero-order chi connectivity index (χ0) is 19.3. The summed E-state index contributed by atoms with van der Waals surface area (Å²) in [6.07, 6.45) is 3.64. The van der Waals surface area contributed by atoms with Gasteiger partial charge < -0.3 is 10.6 Å². The minimum atomic E-state index is 0.0227. The van der Waals surface area contributed by atoms with Crippen LogP contribution in [-0.2, 0) is 11.3 Å². The molecule has 146 valence electrons. The lowest BCUT2D eigenvalue weighted by molar-refractivity contribution is -0.117. The summed E-state index contributed by atoms with van der Waals surface area (Å²) in [5.74, 6) is 0.0227. The number of aromatic nitrogens is 1. The highest BCUT2D eigenvalue weighted by Crippen LogP contribution is 2.28. The molecular formula is C21H23BrN4OS. The maximum absolute atomic E-state index is 12.3. The quantitative estimate of drug-likeness (QED) is 0.539. The summed E-state index contributed by atoms with van der Waals surface area (Å²) in [4.78, 5) is 19.1. The van der Waals surface area contributed by atoms with Crippen molar-refractivity contribution in [2.75, 3.05) is 30.3 Å². The van der Waals surface area contributed by atoms with Crippen LogP contribution in [0.4, 0.5) is 10.8 Å². The van der Waals surface area contributed by atoms with E-state index in [2.05, 4.69) is 54.6 Å². The van der Waals surface area contributed by atoms with E-state index in [1.807, 2.05) is 24.3 Å². The summed E-state index contributed by atoms with van der Waals surface area (Å²) >= 11 is 4.97. The molecule has 0 radical (unpaired) electrons. The first kappa shape index (κ1) is 19.4. The summed E-state index contributed by atoms with van der Waals surface area (Å²) in [6.45, 7) is 3.24. The van der Waals surface area contributed by atoms with Gasteiger partial charge in [0.05, 0.1) is 16.8 Å². The molecule has 0 unspecified atom stereocenters. The van der Waals surface area contributed by atoms with Crippen molar-refractivity contribution in [3.8, 4) is 0 Å². The summed E-state index contributed by atoms with van der Waals surface area (Å²) in [7, 11) is 0. The number of hydrogen-bond donors (Lipinski definition) is 2. The second-order valence-electron chi connectivity index (χ2n) is 7.07. The number of hydrogen-bond acceptors (Lipinski definition) is 5. The van der Waals surface area contributed by atoms with Crippen molar-refractivity contribution >= 4 is 54.2 Å². The first-order valence-corrected chi connectivity index (χ1v) is 11.2. The number of nitrogens with one attached hydrogen (secondary N) is 2. The van der Waals surface area contributed by atoms with E-state index in [9.17, 15) is 4.79 Å². The Labute approximate surface area is 177 Å². The van der Waals surface area contributed by atoms with Gasteiger partial charge in [0.2, 0.25) is 5.91 Å². The number of halogens is 1. The van der Waals surface area contributed by atoms with Crippen LogP contribution in [0.2, 0.25) is 0 Å². The summed E-state index contributed by atoms with van der Waals surface area (Å²) < 4.78 is 2.14. The van der Waals surface area contributed by atoms with Crippen molar-refractivity contribution in [1.29, 1.82) is 0 Å². The van der Waals surface area contributed by atoms with Crippen molar-refractivity contribution in [3.63, 3.8) is 0 Å². The SMILES string of the molecule is O=C(CN1CCCCC1)Nc1nc2ccc(NCc3ccc(Br)cc3)cc2s1. The van der Waals surface area contributed by atoms with Crippen LogP contribution < -0.4 is 10.6 Å². The lowest BCUT2D eigenvalue weighted by Crippen LogP contribution is -2.36. The van der Waals surface area contributed by atoms with Crippen LogP contribution in [0, 0.1) is 0 Å². The Morgan fingerprint density at radius 3 is 2.68 bits per heavy atom. The Kier molecular flexibility index (Phi) is 6.24. The maximum Gasteiger partial charge on any atom is 0.240 e. The molecule has 5 nitrogen and oxygen atoms in total. The first-order chi connectivity index (χ1) is 13.7. The number of carbonyl (C=O) groups excluding carboxylic acids is 1. The fraction of sp³-hybridized carbons (Fsp3) is 0.333. The molecule has 3 aromatic rings. The van der Waals surface area contributed by atoms with E-state index in [0.717, 1.165) is 40.0 Å². The van der Waals surface area contributed by atoms with Gasteiger partial charge in [-0.15, -0.1) is 0 Å². The Morgan fingerprint density at radius 1 is 1.11 bits per heavy atom. The number of fused-ring (bicyclic) bond motifs is 1. The van der Waals surface area contributed by atoms with Crippen LogP contribution in [0.5, 0.6) is 0 Å². The zero-order valence-corrected chi connectivity index (χ0v) is 18.0. The van der Waals surface area contributed by atoms with Crippen LogP contribution in [0.1, 0.15) is 24.8 Å². The normalized spacial score (nSPS) is 14.9. The van der Waals surface area contributed by atoms with Crippen LogP contribution in [0.15, 0.2) is 46.9 Å². The average Bonchev–Trinajstić information content (AvgIpc) is 3.09. The van der Waals surface area contributed by atoms with E-state index in [-0.39, 0.29) is 5.91 Å². The lowest BCUT2D eigenvalue weighted by atomic mass is 10.1. The Hall–Kier alpha value is -1.96. The van der Waals surface area contributed by atoms with E-state index in [4.69, 9.17) is 0 Å². The molecule has 28 heavy (non-hydrogen) atoms. The summed E-state index contributed by atoms with van der Waals surface area (Å²) in [5.41, 5.74) is 3.18. The Morgan fingerprint density at radius 2 is 1.89 bits per heavy atom. The Balaban J connectivity index is 1.37. The van der Waals surface area contributed by atoms with Gasteiger partial charge in [0.15, 0.2) is 5.13 Å². The number of likely N-dealkylation sites (tertiary alicyclic amines) is 1. The third-order valence-corrected chi connectivity index (χ3v) is 6.32. The van der Waals surface area contributed by atoms with Crippen molar-refractivity contribution in [1.82, 2.24) is 9.88 Å². The van der Waals surface area contributed by atoms with Gasteiger partial charge in [0.25, 0.3) is 0 Å². The molecule has 2 N–H and O–H groups in total. The van der Waals surface area contributed by atoms with Crippen molar-refractivity contribution in [3.05, 3.63) is 52.5 Å². The summed E-state index contributed by atoms with van der Waals surface area (Å²) in [5, 5.41) is 7.08. The minimum Gasteiger partial charge on any atom is -0.381 e. The molecule has 1 aromatic heterocycles. The van der Waals surface area contributed by atoms with Crippen LogP contribution in [-0.4, -0.2) is 35.4 Å². The molecule has 4 rings (SSSR count). The van der Waals surface area contributed by atoms with Gasteiger partial charge in [0.1, 0.15) is 0 Å². The van der Waals surface area contributed by atoms with Gasteiger partial charge >= 0.3 is 0 Å². The average molecular weight is 459 g/mol. The third-order valence-electron chi connectivity index (χ3n) is 4.86. The van der Waals surface area contributed by atoms with E-state index >= 15 is 0 Å². The van der Waals surface area contributed by atoms with Gasteiger partial charge in [-0.1, -0.05) is 45.8 Å². The number of thiazole rings is 1. The van der Waals surface area contributed by atoms with Crippen molar-refractivity contribution < 1.29 is 4.79 Å².